The Labute approximate surface area is 91.8 Å². The highest BCUT2D eigenvalue weighted by molar-refractivity contribution is 5.84. The van der Waals surface area contributed by atoms with Gasteiger partial charge in [0, 0.05) is 19.1 Å². The molecule has 1 saturated heterocycles. The van der Waals surface area contributed by atoms with E-state index in [2.05, 4.69) is 11.9 Å². The third kappa shape index (κ3) is 3.58. The second-order valence-corrected chi connectivity index (χ2v) is 5.02. The summed E-state index contributed by atoms with van der Waals surface area (Å²) in [5.41, 5.74) is 0. The van der Waals surface area contributed by atoms with Gasteiger partial charge >= 0.3 is 0 Å². The van der Waals surface area contributed by atoms with Crippen molar-refractivity contribution in [2.45, 2.75) is 25.7 Å². The van der Waals surface area contributed by atoms with Gasteiger partial charge in [0.05, 0.1) is 13.2 Å². The Hall–Kier alpha value is -0.410. The molecule has 2 rings (SSSR count). The average molecular weight is 211 g/mol. The van der Waals surface area contributed by atoms with Crippen molar-refractivity contribution in [1.29, 1.82) is 0 Å². The summed E-state index contributed by atoms with van der Waals surface area (Å²) in [4.78, 5) is 13.8. The summed E-state index contributed by atoms with van der Waals surface area (Å²) in [7, 11) is 2.05. The highest BCUT2D eigenvalue weighted by Crippen LogP contribution is 2.30. The van der Waals surface area contributed by atoms with Crippen molar-refractivity contribution >= 4 is 5.78 Å². The van der Waals surface area contributed by atoms with E-state index < -0.39 is 0 Å². The van der Waals surface area contributed by atoms with Crippen LogP contribution in [0.15, 0.2) is 0 Å². The maximum atomic E-state index is 11.6. The first-order chi connectivity index (χ1) is 7.25. The van der Waals surface area contributed by atoms with Crippen LogP contribution in [0.1, 0.15) is 25.7 Å². The van der Waals surface area contributed by atoms with Crippen LogP contribution in [-0.4, -0.2) is 44.0 Å². The quantitative estimate of drug-likeness (QED) is 0.687. The van der Waals surface area contributed by atoms with Crippen molar-refractivity contribution < 1.29 is 9.53 Å². The van der Waals surface area contributed by atoms with Crippen LogP contribution in [0.5, 0.6) is 0 Å². The molecule has 15 heavy (non-hydrogen) atoms. The number of rotatable bonds is 5. The van der Waals surface area contributed by atoms with Crippen LogP contribution in [0.3, 0.4) is 0 Å². The molecule has 1 atom stereocenters. The minimum atomic E-state index is 0.398. The average Bonchev–Trinajstić information content (AvgIpc) is 3.01. The van der Waals surface area contributed by atoms with Crippen LogP contribution in [0.25, 0.3) is 0 Å². The molecule has 3 nitrogen and oxygen atoms in total. The predicted octanol–water partition coefficient (Wildman–Crippen LogP) is 1.32. The number of likely N-dealkylation sites (N-methyl/N-ethyl adjacent to an activating group) is 1. The zero-order valence-corrected chi connectivity index (χ0v) is 9.58. The fourth-order valence-electron chi connectivity index (χ4n) is 2.26. The van der Waals surface area contributed by atoms with Crippen molar-refractivity contribution in [2.24, 2.45) is 11.8 Å². The van der Waals surface area contributed by atoms with Crippen molar-refractivity contribution in [3.05, 3.63) is 0 Å². The van der Waals surface area contributed by atoms with Gasteiger partial charge in [-0.15, -0.1) is 0 Å². The van der Waals surface area contributed by atoms with E-state index in [1.54, 1.807) is 0 Å². The van der Waals surface area contributed by atoms with E-state index in [1.807, 2.05) is 0 Å². The molecule has 0 aromatic heterocycles. The molecule has 3 heteroatoms. The summed E-state index contributed by atoms with van der Waals surface area (Å²) in [6.45, 7) is 3.45. The van der Waals surface area contributed by atoms with E-state index in [4.69, 9.17) is 4.74 Å². The van der Waals surface area contributed by atoms with Crippen molar-refractivity contribution in [2.75, 3.05) is 33.4 Å². The molecule has 1 heterocycles. The first-order valence-corrected chi connectivity index (χ1v) is 6.04. The molecule has 0 bridgehead atoms. The molecule has 0 N–H and O–H groups in total. The zero-order chi connectivity index (χ0) is 10.7. The largest absolute Gasteiger partial charge is 0.381 e. The zero-order valence-electron chi connectivity index (χ0n) is 9.58. The summed E-state index contributed by atoms with van der Waals surface area (Å²) in [6.07, 6.45) is 4.68. The summed E-state index contributed by atoms with van der Waals surface area (Å²) in [5, 5.41) is 0. The molecular weight excluding hydrogens is 190 g/mol. The van der Waals surface area contributed by atoms with E-state index in [-0.39, 0.29) is 0 Å². The molecule has 1 unspecified atom stereocenters. The predicted molar refractivity (Wildman–Crippen MR) is 58.8 cm³/mol. The first kappa shape index (κ1) is 11.1. The topological polar surface area (TPSA) is 29.5 Å². The Morgan fingerprint density at radius 3 is 2.80 bits per heavy atom. The molecule has 86 valence electrons. The number of ketones is 1. The van der Waals surface area contributed by atoms with Crippen molar-refractivity contribution in [3.63, 3.8) is 0 Å². The summed E-state index contributed by atoms with van der Waals surface area (Å²) in [5.74, 6) is 1.47. The van der Waals surface area contributed by atoms with Gasteiger partial charge in [0.2, 0.25) is 0 Å². The molecule has 1 aliphatic carbocycles. The van der Waals surface area contributed by atoms with Crippen LogP contribution >= 0.6 is 0 Å². The van der Waals surface area contributed by atoms with Gasteiger partial charge in [-0.25, -0.2) is 0 Å². The van der Waals surface area contributed by atoms with Crippen LogP contribution in [-0.2, 0) is 9.53 Å². The van der Waals surface area contributed by atoms with Crippen molar-refractivity contribution in [1.82, 2.24) is 4.90 Å². The number of hydrogen-bond acceptors (Lipinski definition) is 3. The number of hydrogen-bond donors (Lipinski definition) is 0. The molecule has 0 amide bonds. The number of ether oxygens (including phenoxy) is 1. The highest BCUT2D eigenvalue weighted by Gasteiger charge is 2.30. The number of carbonyl (C=O) groups excluding carboxylic acids is 1. The molecule has 0 aromatic carbocycles. The lowest BCUT2D eigenvalue weighted by atomic mass is 10.0. The highest BCUT2D eigenvalue weighted by atomic mass is 16.5. The standard InChI is InChI=1S/C12H21NO2/c1-13(8-12(14)11-4-5-11)7-10-3-2-6-15-9-10/h10-11H,2-9H2,1H3. The lowest BCUT2D eigenvalue weighted by Gasteiger charge is -2.26. The van der Waals surface area contributed by atoms with Gasteiger partial charge in [-0.3, -0.25) is 9.69 Å². The van der Waals surface area contributed by atoms with E-state index >= 15 is 0 Å². The first-order valence-electron chi connectivity index (χ1n) is 6.04. The molecule has 0 radical (unpaired) electrons. The van der Waals surface area contributed by atoms with E-state index in [0.29, 0.717) is 24.2 Å². The minimum Gasteiger partial charge on any atom is -0.381 e. The van der Waals surface area contributed by atoms with Gasteiger partial charge in [0.1, 0.15) is 5.78 Å². The van der Waals surface area contributed by atoms with Gasteiger partial charge in [0.15, 0.2) is 0 Å². The maximum absolute atomic E-state index is 11.6. The molecule has 2 fully saturated rings. The fraction of sp³-hybridized carbons (Fsp3) is 0.917. The molecule has 1 saturated carbocycles. The fourth-order valence-corrected chi connectivity index (χ4v) is 2.26. The van der Waals surface area contributed by atoms with Gasteiger partial charge in [-0.05, 0) is 38.6 Å². The van der Waals surface area contributed by atoms with Gasteiger partial charge in [0.25, 0.3) is 0 Å². The smallest absolute Gasteiger partial charge is 0.149 e. The Bertz CT molecular complexity index is 220. The number of nitrogens with zero attached hydrogens (tertiary/aromatic N) is 1. The SMILES string of the molecule is CN(CC(=O)C1CC1)CC1CCCOC1. The molecule has 0 spiro atoms. The van der Waals surface area contributed by atoms with Gasteiger partial charge in [-0.1, -0.05) is 0 Å². The van der Waals surface area contributed by atoms with Crippen LogP contribution < -0.4 is 0 Å². The lowest BCUT2D eigenvalue weighted by molar-refractivity contribution is -0.121. The van der Waals surface area contributed by atoms with E-state index in [0.717, 1.165) is 32.6 Å². The third-order valence-corrected chi connectivity index (χ3v) is 3.28. The second kappa shape index (κ2) is 5.08. The molecule has 1 aliphatic heterocycles. The Morgan fingerprint density at radius 1 is 1.40 bits per heavy atom. The van der Waals surface area contributed by atoms with E-state index in [9.17, 15) is 4.79 Å². The minimum absolute atomic E-state index is 0.398. The Kier molecular flexibility index (Phi) is 3.76. The lowest BCUT2D eigenvalue weighted by Crippen LogP contribution is -2.34. The Balaban J connectivity index is 1.66. The summed E-state index contributed by atoms with van der Waals surface area (Å²) >= 11 is 0. The molecule has 2 aliphatic rings. The number of Topliss-reactive ketones (excluding diaryl/α,β-unsaturated/α-hetero) is 1. The van der Waals surface area contributed by atoms with Gasteiger partial charge < -0.3 is 4.74 Å². The Morgan fingerprint density at radius 2 is 2.20 bits per heavy atom. The maximum Gasteiger partial charge on any atom is 0.149 e. The summed E-state index contributed by atoms with van der Waals surface area (Å²) in [6, 6.07) is 0. The van der Waals surface area contributed by atoms with E-state index in [1.165, 1.54) is 12.8 Å². The molecule has 0 aromatic rings. The van der Waals surface area contributed by atoms with Crippen LogP contribution in [0.2, 0.25) is 0 Å². The third-order valence-electron chi connectivity index (χ3n) is 3.28. The normalized spacial score (nSPS) is 26.9. The summed E-state index contributed by atoms with van der Waals surface area (Å²) < 4.78 is 5.44. The van der Waals surface area contributed by atoms with Gasteiger partial charge in [-0.2, -0.15) is 0 Å². The second-order valence-electron chi connectivity index (χ2n) is 5.02. The van der Waals surface area contributed by atoms with Crippen molar-refractivity contribution in [3.8, 4) is 0 Å². The monoisotopic (exact) mass is 211 g/mol. The molecular formula is C12H21NO2. The van der Waals surface area contributed by atoms with Crippen LogP contribution in [0.4, 0.5) is 0 Å². The number of carbonyl (C=O) groups is 1. The van der Waals surface area contributed by atoms with Crippen LogP contribution in [0, 0.1) is 11.8 Å².